The molecule has 1 N–H and O–H groups in total. The Morgan fingerprint density at radius 3 is 2.82 bits per heavy atom. The summed E-state index contributed by atoms with van der Waals surface area (Å²) >= 11 is 1.46. The van der Waals surface area contributed by atoms with Gasteiger partial charge in [-0.2, -0.15) is 0 Å². The summed E-state index contributed by atoms with van der Waals surface area (Å²) in [6.07, 6.45) is 5.70. The highest BCUT2D eigenvalue weighted by molar-refractivity contribution is 8.00. The summed E-state index contributed by atoms with van der Waals surface area (Å²) in [5, 5.41) is 15.9. The minimum atomic E-state index is -0.214. The van der Waals surface area contributed by atoms with Crippen molar-refractivity contribution in [3.8, 4) is 0 Å². The van der Waals surface area contributed by atoms with E-state index in [9.17, 15) is 4.79 Å². The van der Waals surface area contributed by atoms with Crippen LogP contribution in [0, 0.1) is 0 Å². The monoisotopic (exact) mass is 400 g/mol. The lowest BCUT2D eigenvalue weighted by molar-refractivity contribution is -0.120. The van der Waals surface area contributed by atoms with E-state index >= 15 is 0 Å². The standard InChI is InChI=1S/C20H28N6OS/c1-15(28-20-22-23-24-26(20)18-9-5-6-10-18)19(27)21-17-11-12-25(14-17)13-16-7-3-2-4-8-16/h2-4,7-8,15,17-18H,5-6,9-14H2,1H3,(H,21,27). The van der Waals surface area contributed by atoms with E-state index in [2.05, 4.69) is 50.0 Å². The Hall–Kier alpha value is -1.93. The highest BCUT2D eigenvalue weighted by Crippen LogP contribution is 2.32. The first kappa shape index (κ1) is 19.4. The summed E-state index contributed by atoms with van der Waals surface area (Å²) < 4.78 is 1.92. The number of tetrazole rings is 1. The zero-order valence-electron chi connectivity index (χ0n) is 16.3. The Balaban J connectivity index is 1.26. The molecule has 2 atom stereocenters. The van der Waals surface area contributed by atoms with E-state index in [0.717, 1.165) is 44.1 Å². The quantitative estimate of drug-likeness (QED) is 0.720. The van der Waals surface area contributed by atoms with Crippen molar-refractivity contribution in [2.24, 2.45) is 0 Å². The molecule has 2 aromatic rings. The minimum Gasteiger partial charge on any atom is -0.351 e. The van der Waals surface area contributed by atoms with Gasteiger partial charge in [0.2, 0.25) is 11.1 Å². The molecule has 150 valence electrons. The van der Waals surface area contributed by atoms with Gasteiger partial charge in [0, 0.05) is 25.7 Å². The zero-order valence-corrected chi connectivity index (χ0v) is 17.1. The second kappa shape index (κ2) is 9.05. The zero-order chi connectivity index (χ0) is 19.3. The van der Waals surface area contributed by atoms with Gasteiger partial charge in [-0.3, -0.25) is 9.69 Å². The lowest BCUT2D eigenvalue weighted by Gasteiger charge is -2.19. The highest BCUT2D eigenvalue weighted by Gasteiger charge is 2.28. The number of benzene rings is 1. The summed E-state index contributed by atoms with van der Waals surface area (Å²) in [5.74, 6) is 0.0672. The number of carbonyl (C=O) groups is 1. The van der Waals surface area contributed by atoms with Crippen LogP contribution in [0.15, 0.2) is 35.5 Å². The molecule has 1 amide bonds. The van der Waals surface area contributed by atoms with Gasteiger partial charge in [-0.15, -0.1) is 5.10 Å². The number of rotatable bonds is 7. The van der Waals surface area contributed by atoms with Gasteiger partial charge in [0.1, 0.15) is 0 Å². The molecule has 2 unspecified atom stereocenters. The number of amides is 1. The molecule has 1 aromatic carbocycles. The van der Waals surface area contributed by atoms with Crippen molar-refractivity contribution in [3.05, 3.63) is 35.9 Å². The van der Waals surface area contributed by atoms with Crippen molar-refractivity contribution in [2.45, 2.75) is 68.1 Å². The third kappa shape index (κ3) is 4.72. The number of thioether (sulfide) groups is 1. The maximum atomic E-state index is 12.7. The Morgan fingerprint density at radius 2 is 2.04 bits per heavy atom. The third-order valence-electron chi connectivity index (χ3n) is 5.65. The van der Waals surface area contributed by atoms with Crippen LogP contribution in [0.5, 0.6) is 0 Å². The fourth-order valence-electron chi connectivity index (χ4n) is 4.11. The first-order chi connectivity index (χ1) is 13.7. The number of aromatic nitrogens is 4. The van der Waals surface area contributed by atoms with Gasteiger partial charge in [-0.05, 0) is 42.2 Å². The number of nitrogens with one attached hydrogen (secondary N) is 1. The van der Waals surface area contributed by atoms with Crippen LogP contribution in [0.1, 0.15) is 50.6 Å². The molecule has 1 aliphatic heterocycles. The second-order valence-corrected chi connectivity index (χ2v) is 9.13. The maximum Gasteiger partial charge on any atom is 0.233 e. The van der Waals surface area contributed by atoms with Crippen LogP contribution in [-0.2, 0) is 11.3 Å². The molecule has 28 heavy (non-hydrogen) atoms. The smallest absolute Gasteiger partial charge is 0.233 e. The van der Waals surface area contributed by atoms with Gasteiger partial charge in [-0.25, -0.2) is 4.68 Å². The molecule has 4 rings (SSSR count). The highest BCUT2D eigenvalue weighted by atomic mass is 32.2. The van der Waals surface area contributed by atoms with Crippen molar-refractivity contribution >= 4 is 17.7 Å². The first-order valence-electron chi connectivity index (χ1n) is 10.2. The fourth-order valence-corrected chi connectivity index (χ4v) is 4.98. The number of hydrogen-bond acceptors (Lipinski definition) is 6. The van der Waals surface area contributed by atoms with Crippen LogP contribution in [0.25, 0.3) is 0 Å². The van der Waals surface area contributed by atoms with Crippen LogP contribution in [0.2, 0.25) is 0 Å². The topological polar surface area (TPSA) is 75.9 Å². The summed E-state index contributed by atoms with van der Waals surface area (Å²) in [6, 6.07) is 11.1. The molecule has 1 saturated carbocycles. The van der Waals surface area contributed by atoms with Crippen LogP contribution < -0.4 is 5.32 Å². The Morgan fingerprint density at radius 1 is 1.25 bits per heavy atom. The molecule has 2 heterocycles. The predicted octanol–water partition coefficient (Wildman–Crippen LogP) is 2.66. The molecule has 0 bridgehead atoms. The molecular weight excluding hydrogens is 372 g/mol. The third-order valence-corrected chi connectivity index (χ3v) is 6.70. The Bertz CT molecular complexity index is 776. The average Bonchev–Trinajstić information content (AvgIpc) is 3.44. The summed E-state index contributed by atoms with van der Waals surface area (Å²) in [5.41, 5.74) is 1.32. The molecule has 0 spiro atoms. The molecule has 1 aliphatic carbocycles. The van der Waals surface area contributed by atoms with Gasteiger partial charge < -0.3 is 5.32 Å². The molecular formula is C20H28N6OS. The number of nitrogens with zero attached hydrogens (tertiary/aromatic N) is 5. The fraction of sp³-hybridized carbons (Fsp3) is 0.600. The first-order valence-corrected chi connectivity index (χ1v) is 11.1. The predicted molar refractivity (Wildman–Crippen MR) is 109 cm³/mol. The van der Waals surface area contributed by atoms with Gasteiger partial charge in [0.25, 0.3) is 0 Å². The lowest BCUT2D eigenvalue weighted by Crippen LogP contribution is -2.40. The van der Waals surface area contributed by atoms with Crippen molar-refractivity contribution in [3.63, 3.8) is 0 Å². The molecule has 8 heteroatoms. The van der Waals surface area contributed by atoms with Crippen molar-refractivity contribution in [1.29, 1.82) is 0 Å². The van der Waals surface area contributed by atoms with E-state index < -0.39 is 0 Å². The Kier molecular flexibility index (Phi) is 6.26. The average molecular weight is 401 g/mol. The van der Waals surface area contributed by atoms with Crippen LogP contribution in [0.4, 0.5) is 0 Å². The molecule has 0 radical (unpaired) electrons. The minimum absolute atomic E-state index is 0.0672. The van der Waals surface area contributed by atoms with Crippen molar-refractivity contribution < 1.29 is 4.79 Å². The van der Waals surface area contributed by atoms with E-state index in [4.69, 9.17) is 0 Å². The van der Waals surface area contributed by atoms with Gasteiger partial charge in [0.15, 0.2) is 0 Å². The summed E-state index contributed by atoms with van der Waals surface area (Å²) in [4.78, 5) is 15.1. The SMILES string of the molecule is CC(Sc1nnnn1C1CCCC1)C(=O)NC1CCN(Cc2ccccc2)C1. The maximum absolute atomic E-state index is 12.7. The van der Waals surface area contributed by atoms with Crippen molar-refractivity contribution in [1.82, 2.24) is 30.4 Å². The van der Waals surface area contributed by atoms with E-state index in [-0.39, 0.29) is 17.2 Å². The van der Waals surface area contributed by atoms with E-state index in [1.54, 1.807) is 0 Å². The molecule has 2 aliphatic rings. The number of likely N-dealkylation sites (tertiary alicyclic amines) is 1. The van der Waals surface area contributed by atoms with Crippen LogP contribution in [0.3, 0.4) is 0 Å². The molecule has 1 saturated heterocycles. The molecule has 2 fully saturated rings. The normalized spacial score (nSPS) is 21.8. The van der Waals surface area contributed by atoms with Gasteiger partial charge >= 0.3 is 0 Å². The van der Waals surface area contributed by atoms with E-state index in [1.807, 2.05) is 17.7 Å². The number of hydrogen-bond donors (Lipinski definition) is 1. The van der Waals surface area contributed by atoms with Crippen LogP contribution in [-0.4, -0.2) is 55.4 Å². The summed E-state index contributed by atoms with van der Waals surface area (Å²) in [7, 11) is 0. The molecule has 7 nitrogen and oxygen atoms in total. The van der Waals surface area contributed by atoms with Crippen LogP contribution >= 0.6 is 11.8 Å². The van der Waals surface area contributed by atoms with E-state index in [1.165, 1.54) is 30.2 Å². The largest absolute Gasteiger partial charge is 0.351 e. The van der Waals surface area contributed by atoms with Crippen molar-refractivity contribution in [2.75, 3.05) is 13.1 Å². The Labute approximate surface area is 170 Å². The second-order valence-electron chi connectivity index (χ2n) is 7.82. The molecule has 1 aromatic heterocycles. The number of carbonyl (C=O) groups excluding carboxylic acids is 1. The van der Waals surface area contributed by atoms with Gasteiger partial charge in [0.05, 0.1) is 11.3 Å². The lowest BCUT2D eigenvalue weighted by atomic mass is 10.2. The summed E-state index contributed by atoms with van der Waals surface area (Å²) in [6.45, 7) is 4.79. The van der Waals surface area contributed by atoms with Gasteiger partial charge in [-0.1, -0.05) is 54.9 Å². The van der Waals surface area contributed by atoms with E-state index in [0.29, 0.717) is 6.04 Å².